The number of piperidine rings is 1. The first-order valence-corrected chi connectivity index (χ1v) is 10.8. The van der Waals surface area contributed by atoms with Gasteiger partial charge in [0.15, 0.2) is 5.69 Å². The number of nitrogens with one attached hydrogen (secondary N) is 2. The summed E-state index contributed by atoms with van der Waals surface area (Å²) < 4.78 is 0. The molecule has 154 valence electrons. The van der Waals surface area contributed by atoms with Crippen LogP contribution in [0.2, 0.25) is 0 Å². The van der Waals surface area contributed by atoms with Crippen LogP contribution in [0, 0.1) is 5.92 Å². The number of rotatable bonds is 2. The highest BCUT2D eigenvalue weighted by Crippen LogP contribution is 2.25. The van der Waals surface area contributed by atoms with E-state index in [4.69, 9.17) is 4.98 Å². The number of carbonyl (C=O) groups excluding carboxylic acids is 1. The zero-order valence-corrected chi connectivity index (χ0v) is 17.0. The van der Waals surface area contributed by atoms with Gasteiger partial charge in [0.1, 0.15) is 0 Å². The van der Waals surface area contributed by atoms with Crippen molar-refractivity contribution in [2.45, 2.75) is 58.4 Å². The number of aromatic amines is 2. The van der Waals surface area contributed by atoms with Crippen molar-refractivity contribution in [3.8, 4) is 0 Å². The molecule has 2 aromatic rings. The van der Waals surface area contributed by atoms with Crippen LogP contribution in [0.5, 0.6) is 0 Å². The zero-order chi connectivity index (χ0) is 20.0. The fourth-order valence-corrected chi connectivity index (χ4v) is 4.78. The highest BCUT2D eigenvalue weighted by Gasteiger charge is 2.30. The molecule has 0 unspecified atom stereocenters. The van der Waals surface area contributed by atoms with E-state index in [1.807, 2.05) is 0 Å². The molecule has 1 fully saturated rings. The van der Waals surface area contributed by atoms with Gasteiger partial charge in [-0.1, -0.05) is 6.92 Å². The summed E-state index contributed by atoms with van der Waals surface area (Å²) in [5.41, 5.74) is 4.12. The van der Waals surface area contributed by atoms with Crippen LogP contribution in [0.3, 0.4) is 0 Å². The van der Waals surface area contributed by atoms with Crippen LogP contribution in [0.4, 0.5) is 5.95 Å². The van der Waals surface area contributed by atoms with Crippen molar-refractivity contribution < 1.29 is 4.79 Å². The number of hydrogen-bond acceptors (Lipinski definition) is 5. The number of H-pyrrole nitrogens is 2. The van der Waals surface area contributed by atoms with Crippen LogP contribution in [-0.4, -0.2) is 50.6 Å². The normalized spacial score (nSPS) is 19.8. The standard InChI is InChI=1S/C21H28N6O2/c1-13-6-9-26(10-7-13)21-22-17-12-27(11-8-15(17)19(28)23-21)20(29)18-14-4-2-3-5-16(14)24-25-18/h13H,2-12H2,1H3,(H,24,25)(H,22,23,28). The highest BCUT2D eigenvalue weighted by atomic mass is 16.2. The van der Waals surface area contributed by atoms with Gasteiger partial charge in [-0.25, -0.2) is 4.98 Å². The number of amides is 1. The van der Waals surface area contributed by atoms with Crippen LogP contribution in [-0.2, 0) is 25.8 Å². The average molecular weight is 396 g/mol. The Balaban J connectivity index is 1.39. The van der Waals surface area contributed by atoms with Gasteiger partial charge in [-0.2, -0.15) is 5.10 Å². The second-order valence-corrected chi connectivity index (χ2v) is 8.70. The summed E-state index contributed by atoms with van der Waals surface area (Å²) in [4.78, 5) is 37.5. The molecule has 1 aliphatic carbocycles. The van der Waals surface area contributed by atoms with Gasteiger partial charge in [-0.05, 0) is 50.9 Å². The first-order valence-electron chi connectivity index (χ1n) is 10.8. The summed E-state index contributed by atoms with van der Waals surface area (Å²) in [5, 5.41) is 7.39. The number of hydrogen-bond donors (Lipinski definition) is 2. The second-order valence-electron chi connectivity index (χ2n) is 8.70. The molecule has 29 heavy (non-hydrogen) atoms. The Morgan fingerprint density at radius 2 is 1.86 bits per heavy atom. The van der Waals surface area contributed by atoms with Gasteiger partial charge in [0, 0.05) is 36.5 Å². The minimum Gasteiger partial charge on any atom is -0.342 e. The minimum atomic E-state index is -0.0622. The van der Waals surface area contributed by atoms with Gasteiger partial charge in [-0.15, -0.1) is 0 Å². The number of anilines is 1. The lowest BCUT2D eigenvalue weighted by atomic mass is 9.95. The van der Waals surface area contributed by atoms with E-state index in [0.29, 0.717) is 42.6 Å². The molecule has 0 saturated carbocycles. The van der Waals surface area contributed by atoms with Gasteiger partial charge >= 0.3 is 0 Å². The van der Waals surface area contributed by atoms with Gasteiger partial charge in [-0.3, -0.25) is 19.7 Å². The van der Waals surface area contributed by atoms with E-state index < -0.39 is 0 Å². The van der Waals surface area contributed by atoms with E-state index in [1.165, 1.54) is 0 Å². The third-order valence-electron chi connectivity index (χ3n) is 6.69. The molecule has 0 atom stereocenters. The van der Waals surface area contributed by atoms with Crippen molar-refractivity contribution in [3.63, 3.8) is 0 Å². The molecule has 5 rings (SSSR count). The van der Waals surface area contributed by atoms with E-state index in [1.54, 1.807) is 4.90 Å². The number of aryl methyl sites for hydroxylation is 1. The Morgan fingerprint density at radius 3 is 2.69 bits per heavy atom. The van der Waals surface area contributed by atoms with Gasteiger partial charge in [0.25, 0.3) is 11.5 Å². The molecule has 8 nitrogen and oxygen atoms in total. The average Bonchev–Trinajstić information content (AvgIpc) is 3.17. The summed E-state index contributed by atoms with van der Waals surface area (Å²) in [7, 11) is 0. The van der Waals surface area contributed by atoms with Gasteiger partial charge in [0.2, 0.25) is 5.95 Å². The maximum atomic E-state index is 13.2. The Kier molecular flexibility index (Phi) is 4.64. The van der Waals surface area contributed by atoms with Crippen molar-refractivity contribution in [2.24, 2.45) is 5.92 Å². The number of carbonyl (C=O) groups is 1. The van der Waals surface area contributed by atoms with Gasteiger partial charge < -0.3 is 9.80 Å². The Labute approximate surface area is 169 Å². The van der Waals surface area contributed by atoms with Gasteiger partial charge in [0.05, 0.1) is 12.2 Å². The Morgan fingerprint density at radius 1 is 1.07 bits per heavy atom. The fraction of sp³-hybridized carbons (Fsp3) is 0.619. The van der Waals surface area contributed by atoms with Crippen LogP contribution < -0.4 is 10.5 Å². The van der Waals surface area contributed by atoms with Crippen molar-refractivity contribution in [3.05, 3.63) is 38.6 Å². The summed E-state index contributed by atoms with van der Waals surface area (Å²) in [5.74, 6) is 1.31. The van der Waals surface area contributed by atoms with Crippen molar-refractivity contribution in [2.75, 3.05) is 24.5 Å². The molecule has 2 N–H and O–H groups in total. The monoisotopic (exact) mass is 396 g/mol. The predicted octanol–water partition coefficient (Wildman–Crippen LogP) is 1.81. The first kappa shape index (κ1) is 18.4. The molecule has 0 aromatic carbocycles. The minimum absolute atomic E-state index is 0.0505. The number of nitrogens with zero attached hydrogens (tertiary/aromatic N) is 4. The van der Waals surface area contributed by atoms with Crippen molar-refractivity contribution >= 4 is 11.9 Å². The molecule has 4 heterocycles. The van der Waals surface area contributed by atoms with Crippen LogP contribution in [0.1, 0.15) is 65.6 Å². The second kappa shape index (κ2) is 7.31. The number of aromatic nitrogens is 4. The molecule has 8 heteroatoms. The molecule has 0 radical (unpaired) electrons. The third kappa shape index (κ3) is 3.34. The zero-order valence-electron chi connectivity index (χ0n) is 17.0. The lowest BCUT2D eigenvalue weighted by Gasteiger charge is -2.32. The summed E-state index contributed by atoms with van der Waals surface area (Å²) in [6.07, 6.45) is 6.87. The van der Waals surface area contributed by atoms with Crippen LogP contribution >= 0.6 is 0 Å². The van der Waals surface area contributed by atoms with E-state index in [0.717, 1.165) is 68.6 Å². The first-order chi connectivity index (χ1) is 14.1. The Bertz CT molecular complexity index is 986. The van der Waals surface area contributed by atoms with E-state index in [-0.39, 0.29) is 11.5 Å². The molecule has 3 aliphatic rings. The summed E-state index contributed by atoms with van der Waals surface area (Å²) >= 11 is 0. The lowest BCUT2D eigenvalue weighted by molar-refractivity contribution is 0.0724. The molecule has 2 aromatic heterocycles. The predicted molar refractivity (Wildman–Crippen MR) is 109 cm³/mol. The molecule has 1 amide bonds. The highest BCUT2D eigenvalue weighted by molar-refractivity contribution is 5.94. The summed E-state index contributed by atoms with van der Waals surface area (Å²) in [6, 6.07) is 0. The Hall–Kier alpha value is -2.64. The number of fused-ring (bicyclic) bond motifs is 2. The molecule has 2 aliphatic heterocycles. The molecule has 0 spiro atoms. The van der Waals surface area contributed by atoms with E-state index in [2.05, 4.69) is 27.0 Å². The van der Waals surface area contributed by atoms with Crippen molar-refractivity contribution in [1.29, 1.82) is 0 Å². The van der Waals surface area contributed by atoms with E-state index >= 15 is 0 Å². The maximum absolute atomic E-state index is 13.2. The molecule has 1 saturated heterocycles. The SMILES string of the molecule is CC1CCN(c2nc3c(c(=O)[nH]2)CCN(C(=O)c2n[nH]c4c2CCCC4)C3)CC1. The summed E-state index contributed by atoms with van der Waals surface area (Å²) in [6.45, 7) is 4.98. The third-order valence-corrected chi connectivity index (χ3v) is 6.69. The fourth-order valence-electron chi connectivity index (χ4n) is 4.78. The lowest BCUT2D eigenvalue weighted by Crippen LogP contribution is -2.41. The maximum Gasteiger partial charge on any atom is 0.275 e. The molecule has 0 bridgehead atoms. The topological polar surface area (TPSA) is 98.0 Å². The van der Waals surface area contributed by atoms with Crippen molar-refractivity contribution in [1.82, 2.24) is 25.1 Å². The van der Waals surface area contributed by atoms with E-state index in [9.17, 15) is 9.59 Å². The molecular weight excluding hydrogens is 368 g/mol. The smallest absolute Gasteiger partial charge is 0.275 e. The van der Waals surface area contributed by atoms with Crippen LogP contribution in [0.15, 0.2) is 4.79 Å². The van der Waals surface area contributed by atoms with Crippen LogP contribution in [0.25, 0.3) is 0 Å². The molecular formula is C21H28N6O2. The largest absolute Gasteiger partial charge is 0.342 e. The quantitative estimate of drug-likeness (QED) is 0.807.